The van der Waals surface area contributed by atoms with Crippen LogP contribution >= 0.6 is 23.1 Å². The molecule has 1 aromatic carbocycles. The van der Waals surface area contributed by atoms with Crippen LogP contribution in [0.1, 0.15) is 36.8 Å². The van der Waals surface area contributed by atoms with E-state index in [0.717, 1.165) is 21.7 Å². The number of esters is 1. The van der Waals surface area contributed by atoms with E-state index in [1.165, 1.54) is 23.1 Å². The smallest absolute Gasteiger partial charge is 0.316 e. The molecule has 0 saturated heterocycles. The zero-order valence-corrected chi connectivity index (χ0v) is 19.8. The second-order valence-corrected chi connectivity index (χ2v) is 9.92. The Hall–Kier alpha value is -2.16. The van der Waals surface area contributed by atoms with Crippen molar-refractivity contribution in [1.82, 2.24) is 9.55 Å². The Morgan fingerprint density at radius 2 is 2.16 bits per heavy atom. The van der Waals surface area contributed by atoms with Crippen LogP contribution in [0, 0.1) is 12.8 Å². The topological polar surface area (TPSA) is 70.4 Å². The fraction of sp³-hybridized carbons (Fsp3) is 0.435. The predicted molar refractivity (Wildman–Crippen MR) is 124 cm³/mol. The molecule has 0 amide bonds. The first kappa shape index (κ1) is 22.0. The first-order valence-electron chi connectivity index (χ1n) is 10.4. The van der Waals surface area contributed by atoms with Crippen molar-refractivity contribution in [2.45, 2.75) is 52.0 Å². The molecule has 8 heteroatoms. The van der Waals surface area contributed by atoms with Crippen molar-refractivity contribution in [3.8, 4) is 5.69 Å². The van der Waals surface area contributed by atoms with Gasteiger partial charge in [0.2, 0.25) is 0 Å². The van der Waals surface area contributed by atoms with Crippen molar-refractivity contribution in [2.75, 3.05) is 12.4 Å². The number of aromatic nitrogens is 2. The van der Waals surface area contributed by atoms with Gasteiger partial charge in [-0.3, -0.25) is 14.2 Å². The van der Waals surface area contributed by atoms with Crippen molar-refractivity contribution in [3.05, 3.63) is 50.6 Å². The number of hydrogen-bond donors (Lipinski definition) is 0. The van der Waals surface area contributed by atoms with Gasteiger partial charge in [0.1, 0.15) is 4.83 Å². The van der Waals surface area contributed by atoms with Gasteiger partial charge in [0.25, 0.3) is 5.56 Å². The predicted octanol–water partition coefficient (Wildman–Crippen LogP) is 4.51. The Kier molecular flexibility index (Phi) is 6.50. The number of thioether (sulfide) groups is 1. The molecule has 0 aliphatic carbocycles. The molecule has 1 aliphatic rings. The number of carbonyl (C=O) groups excluding carboxylic acids is 1. The maximum Gasteiger partial charge on any atom is 0.316 e. The van der Waals surface area contributed by atoms with Crippen LogP contribution in [0.15, 0.2) is 34.2 Å². The number of rotatable bonds is 6. The molecule has 6 nitrogen and oxygen atoms in total. The van der Waals surface area contributed by atoms with E-state index in [-0.39, 0.29) is 23.4 Å². The molecule has 0 N–H and O–H groups in total. The van der Waals surface area contributed by atoms with E-state index in [2.05, 4.69) is 13.8 Å². The number of aryl methyl sites for hydroxylation is 1. The Labute approximate surface area is 189 Å². The van der Waals surface area contributed by atoms with E-state index in [4.69, 9.17) is 14.5 Å². The summed E-state index contributed by atoms with van der Waals surface area (Å²) in [5.41, 5.74) is 2.72. The van der Waals surface area contributed by atoms with Gasteiger partial charge in [-0.05, 0) is 37.0 Å². The van der Waals surface area contributed by atoms with E-state index >= 15 is 0 Å². The molecular weight excluding hydrogens is 432 g/mol. The summed E-state index contributed by atoms with van der Waals surface area (Å²) in [5, 5.41) is 1.18. The first-order chi connectivity index (χ1) is 14.9. The van der Waals surface area contributed by atoms with Gasteiger partial charge in [0.05, 0.1) is 36.1 Å². The van der Waals surface area contributed by atoms with Crippen LogP contribution in [0.3, 0.4) is 0 Å². The van der Waals surface area contributed by atoms with Crippen molar-refractivity contribution >= 4 is 39.3 Å². The summed E-state index contributed by atoms with van der Waals surface area (Å²) in [6.07, 6.45) is 0.807. The second-order valence-electron chi connectivity index (χ2n) is 7.90. The lowest BCUT2D eigenvalue weighted by molar-refractivity contribution is -0.139. The van der Waals surface area contributed by atoms with Gasteiger partial charge in [-0.25, -0.2) is 4.98 Å². The summed E-state index contributed by atoms with van der Waals surface area (Å²) in [7, 11) is 0. The Morgan fingerprint density at radius 1 is 1.39 bits per heavy atom. The fourth-order valence-corrected chi connectivity index (χ4v) is 5.75. The molecule has 31 heavy (non-hydrogen) atoms. The number of nitrogens with zero attached hydrogens (tertiary/aromatic N) is 2. The lowest BCUT2D eigenvalue weighted by atomic mass is 9.96. The van der Waals surface area contributed by atoms with Crippen molar-refractivity contribution in [2.24, 2.45) is 5.92 Å². The maximum absolute atomic E-state index is 13.8. The van der Waals surface area contributed by atoms with Crippen LogP contribution in [-0.4, -0.2) is 34.0 Å². The zero-order chi connectivity index (χ0) is 22.1. The van der Waals surface area contributed by atoms with Crippen LogP contribution in [-0.2, 0) is 27.3 Å². The fourth-order valence-electron chi connectivity index (χ4n) is 3.79. The number of fused-ring (bicyclic) bond motifs is 3. The minimum atomic E-state index is -0.322. The molecule has 1 aliphatic heterocycles. The van der Waals surface area contributed by atoms with Gasteiger partial charge < -0.3 is 9.47 Å². The van der Waals surface area contributed by atoms with Gasteiger partial charge in [-0.2, -0.15) is 0 Å². The highest BCUT2D eigenvalue weighted by Crippen LogP contribution is 2.36. The number of ether oxygens (including phenoxy) is 2. The van der Waals surface area contributed by atoms with Crippen LogP contribution in [0.4, 0.5) is 0 Å². The summed E-state index contributed by atoms with van der Waals surface area (Å²) in [6.45, 7) is 8.85. The highest BCUT2D eigenvalue weighted by Gasteiger charge is 2.29. The molecule has 2 aromatic heterocycles. The third-order valence-electron chi connectivity index (χ3n) is 5.44. The monoisotopic (exact) mass is 458 g/mol. The highest BCUT2D eigenvalue weighted by atomic mass is 32.2. The Bertz CT molecular complexity index is 1180. The summed E-state index contributed by atoms with van der Waals surface area (Å²) in [5.74, 6) is 0.146. The molecule has 3 heterocycles. The number of thiophene rings is 1. The van der Waals surface area contributed by atoms with Crippen molar-refractivity contribution < 1.29 is 14.3 Å². The lowest BCUT2D eigenvalue weighted by Crippen LogP contribution is -2.28. The van der Waals surface area contributed by atoms with Gasteiger partial charge in [-0.1, -0.05) is 43.8 Å². The molecular formula is C23H26N2O4S2. The van der Waals surface area contributed by atoms with Crippen molar-refractivity contribution in [1.29, 1.82) is 0 Å². The third kappa shape index (κ3) is 4.29. The second kappa shape index (κ2) is 9.14. The van der Waals surface area contributed by atoms with Gasteiger partial charge in [0.15, 0.2) is 5.16 Å². The molecule has 1 unspecified atom stereocenters. The first-order valence-corrected chi connectivity index (χ1v) is 12.2. The van der Waals surface area contributed by atoms with Gasteiger partial charge in [-0.15, -0.1) is 11.3 Å². The summed E-state index contributed by atoms with van der Waals surface area (Å²) >= 11 is 2.75. The Balaban J connectivity index is 1.89. The molecule has 3 aromatic rings. The maximum atomic E-state index is 13.8. The lowest BCUT2D eigenvalue weighted by Gasteiger charge is -2.26. The van der Waals surface area contributed by atoms with Crippen LogP contribution < -0.4 is 5.56 Å². The van der Waals surface area contributed by atoms with Crippen LogP contribution in [0.25, 0.3) is 15.9 Å². The quantitative estimate of drug-likeness (QED) is 0.308. The third-order valence-corrected chi connectivity index (χ3v) is 7.45. The van der Waals surface area contributed by atoms with E-state index in [9.17, 15) is 9.59 Å². The molecule has 0 bridgehead atoms. The minimum Gasteiger partial charge on any atom is -0.465 e. The molecule has 1 atom stereocenters. The van der Waals surface area contributed by atoms with E-state index in [1.807, 2.05) is 31.2 Å². The number of para-hydroxylation sites is 1. The standard InChI is InChI=1S/C23H26N2O4S2/c1-5-28-19(26)12-30-23-24-21-20(15-10-17(13(2)3)29-11-18(15)31-21)22(27)25(23)16-9-7-6-8-14(16)4/h6-9,13,17H,5,10-12H2,1-4H3. The summed E-state index contributed by atoms with van der Waals surface area (Å²) < 4.78 is 12.7. The van der Waals surface area contributed by atoms with Crippen LogP contribution in [0.2, 0.25) is 0 Å². The van der Waals surface area contributed by atoms with Gasteiger partial charge in [0, 0.05) is 11.3 Å². The summed E-state index contributed by atoms with van der Waals surface area (Å²) in [4.78, 5) is 32.4. The van der Waals surface area contributed by atoms with Crippen molar-refractivity contribution in [3.63, 3.8) is 0 Å². The number of carbonyl (C=O) groups is 1. The molecule has 0 spiro atoms. The molecule has 0 saturated carbocycles. The van der Waals surface area contributed by atoms with Gasteiger partial charge >= 0.3 is 5.97 Å². The number of hydrogen-bond acceptors (Lipinski definition) is 7. The normalized spacial score (nSPS) is 16.0. The molecule has 164 valence electrons. The Morgan fingerprint density at radius 3 is 2.87 bits per heavy atom. The van der Waals surface area contributed by atoms with E-state index in [0.29, 0.717) is 40.9 Å². The average molecular weight is 459 g/mol. The molecule has 4 rings (SSSR count). The largest absolute Gasteiger partial charge is 0.465 e. The van der Waals surface area contributed by atoms with Crippen LogP contribution in [0.5, 0.6) is 0 Å². The van der Waals surface area contributed by atoms with E-state index < -0.39 is 0 Å². The minimum absolute atomic E-state index is 0.0902. The number of benzene rings is 1. The SMILES string of the molecule is CCOC(=O)CSc1nc2sc3c(c2c(=O)n1-c1ccccc1C)CC(C(C)C)OC3. The zero-order valence-electron chi connectivity index (χ0n) is 18.1. The van der Waals surface area contributed by atoms with E-state index in [1.54, 1.807) is 11.5 Å². The summed E-state index contributed by atoms with van der Waals surface area (Å²) in [6, 6.07) is 7.73. The molecule has 0 fully saturated rings. The highest BCUT2D eigenvalue weighted by molar-refractivity contribution is 7.99. The molecule has 0 radical (unpaired) electrons. The average Bonchev–Trinajstić information content (AvgIpc) is 3.11.